The second-order valence-corrected chi connectivity index (χ2v) is 8.75. The molecular weight excluding hydrogens is 348 g/mol. The maximum Gasteiger partial charge on any atom is 0.249 e. The van der Waals surface area contributed by atoms with Gasteiger partial charge in [0, 0.05) is 4.88 Å². The van der Waals surface area contributed by atoms with Gasteiger partial charge in [0.15, 0.2) is 0 Å². The van der Waals surface area contributed by atoms with Crippen molar-refractivity contribution in [3.8, 4) is 5.75 Å². The molecule has 2 aromatic rings. The molecule has 128 valence electrons. The van der Waals surface area contributed by atoms with Gasteiger partial charge in [0.1, 0.15) is 16.6 Å². The van der Waals surface area contributed by atoms with E-state index in [1.165, 1.54) is 13.1 Å². The number of hydrogen-bond donors (Lipinski definition) is 2. The van der Waals surface area contributed by atoms with E-state index in [-0.39, 0.29) is 16.0 Å². The number of sulfonamides is 1. The van der Waals surface area contributed by atoms with Gasteiger partial charge in [0.05, 0.1) is 12.5 Å². The molecule has 0 radical (unpaired) electrons. The maximum atomic E-state index is 12.3. The van der Waals surface area contributed by atoms with E-state index < -0.39 is 10.0 Å². The highest BCUT2D eigenvalue weighted by Crippen LogP contribution is 2.27. The largest absolute Gasteiger partial charge is 0.492 e. The summed E-state index contributed by atoms with van der Waals surface area (Å²) >= 11 is 1.15. The molecule has 0 saturated carbocycles. The Labute approximate surface area is 144 Å². The summed E-state index contributed by atoms with van der Waals surface area (Å²) in [5.74, 6) is 0.512. The van der Waals surface area contributed by atoms with Gasteiger partial charge in [-0.1, -0.05) is 18.2 Å². The number of rotatable bonds is 5. The molecule has 1 aliphatic rings. The molecular formula is C16H18N2O4S2. The normalized spacial score (nSPS) is 17.0. The SMILES string of the molecule is CNS(=O)(=O)c1ccc(CNC(=O)C2COc3ccccc3C2)s1. The molecule has 2 heterocycles. The minimum atomic E-state index is -3.43. The van der Waals surface area contributed by atoms with E-state index in [1.807, 2.05) is 24.3 Å². The number of thiophene rings is 1. The Morgan fingerprint density at radius 1 is 1.29 bits per heavy atom. The van der Waals surface area contributed by atoms with Crippen LogP contribution in [0.15, 0.2) is 40.6 Å². The van der Waals surface area contributed by atoms with Crippen molar-refractivity contribution in [2.75, 3.05) is 13.7 Å². The number of ether oxygens (including phenoxy) is 1. The fourth-order valence-corrected chi connectivity index (χ4v) is 4.65. The number of hydrogen-bond acceptors (Lipinski definition) is 5. The van der Waals surface area contributed by atoms with Crippen molar-refractivity contribution < 1.29 is 17.9 Å². The van der Waals surface area contributed by atoms with Gasteiger partial charge >= 0.3 is 0 Å². The lowest BCUT2D eigenvalue weighted by molar-refractivity contribution is -0.126. The highest BCUT2D eigenvalue weighted by Gasteiger charge is 2.25. The van der Waals surface area contributed by atoms with E-state index in [2.05, 4.69) is 10.0 Å². The van der Waals surface area contributed by atoms with Gasteiger partial charge in [-0.25, -0.2) is 13.1 Å². The lowest BCUT2D eigenvalue weighted by Crippen LogP contribution is -2.36. The summed E-state index contributed by atoms with van der Waals surface area (Å²) < 4.78 is 31.6. The number of fused-ring (bicyclic) bond motifs is 1. The fraction of sp³-hybridized carbons (Fsp3) is 0.312. The van der Waals surface area contributed by atoms with Crippen molar-refractivity contribution in [2.45, 2.75) is 17.2 Å². The van der Waals surface area contributed by atoms with E-state index in [0.717, 1.165) is 27.5 Å². The van der Waals surface area contributed by atoms with Crippen molar-refractivity contribution in [1.29, 1.82) is 0 Å². The number of nitrogens with one attached hydrogen (secondary N) is 2. The average Bonchev–Trinajstić information content (AvgIpc) is 3.09. The first kappa shape index (κ1) is 16.9. The standard InChI is InChI=1S/C16H18N2O4S2/c1-17-24(20,21)15-7-6-13(23-15)9-18-16(19)12-8-11-4-2-3-5-14(11)22-10-12/h2-7,12,17H,8-10H2,1H3,(H,18,19). The van der Waals surface area contributed by atoms with Gasteiger partial charge in [0.2, 0.25) is 15.9 Å². The molecule has 8 heteroatoms. The minimum absolute atomic E-state index is 0.0871. The van der Waals surface area contributed by atoms with E-state index in [4.69, 9.17) is 4.74 Å². The third kappa shape index (κ3) is 3.61. The van der Waals surface area contributed by atoms with Crippen LogP contribution >= 0.6 is 11.3 Å². The molecule has 0 spiro atoms. The monoisotopic (exact) mass is 366 g/mol. The number of para-hydroxylation sites is 1. The zero-order valence-corrected chi connectivity index (χ0v) is 14.7. The summed E-state index contributed by atoms with van der Waals surface area (Å²) in [6, 6.07) is 11.0. The summed E-state index contributed by atoms with van der Waals surface area (Å²) in [5, 5.41) is 2.86. The number of carbonyl (C=O) groups excluding carboxylic acids is 1. The molecule has 6 nitrogen and oxygen atoms in total. The Bertz CT molecular complexity index is 845. The van der Waals surface area contributed by atoms with E-state index in [0.29, 0.717) is 19.6 Å². The van der Waals surface area contributed by atoms with Crippen molar-refractivity contribution >= 4 is 27.3 Å². The van der Waals surface area contributed by atoms with Gasteiger partial charge in [-0.3, -0.25) is 4.79 Å². The maximum absolute atomic E-state index is 12.3. The van der Waals surface area contributed by atoms with Crippen molar-refractivity contribution in [1.82, 2.24) is 10.0 Å². The van der Waals surface area contributed by atoms with Crippen LogP contribution < -0.4 is 14.8 Å². The first-order valence-electron chi connectivity index (χ1n) is 7.50. The molecule has 1 atom stereocenters. The third-order valence-corrected chi connectivity index (χ3v) is 6.85. The van der Waals surface area contributed by atoms with Crippen molar-refractivity contribution in [3.63, 3.8) is 0 Å². The highest BCUT2D eigenvalue weighted by molar-refractivity contribution is 7.91. The van der Waals surface area contributed by atoms with Crippen molar-refractivity contribution in [3.05, 3.63) is 46.8 Å². The Morgan fingerprint density at radius 2 is 2.08 bits per heavy atom. The highest BCUT2D eigenvalue weighted by atomic mass is 32.2. The van der Waals surface area contributed by atoms with E-state index >= 15 is 0 Å². The molecule has 0 saturated heterocycles. The predicted octanol–water partition coefficient (Wildman–Crippen LogP) is 1.52. The first-order chi connectivity index (χ1) is 11.5. The zero-order valence-electron chi connectivity index (χ0n) is 13.1. The van der Waals surface area contributed by atoms with E-state index in [9.17, 15) is 13.2 Å². The molecule has 1 amide bonds. The van der Waals surface area contributed by atoms with Gasteiger partial charge in [0.25, 0.3) is 0 Å². The van der Waals surface area contributed by atoms with Gasteiger partial charge in [-0.2, -0.15) is 0 Å². The number of carbonyl (C=O) groups is 1. The zero-order chi connectivity index (χ0) is 17.2. The Morgan fingerprint density at radius 3 is 2.88 bits per heavy atom. The lowest BCUT2D eigenvalue weighted by atomic mass is 9.96. The second kappa shape index (κ2) is 6.92. The molecule has 0 fully saturated rings. The summed E-state index contributed by atoms with van der Waals surface area (Å²) in [6.07, 6.45) is 0.645. The smallest absolute Gasteiger partial charge is 0.249 e. The van der Waals surface area contributed by atoms with Crippen LogP contribution in [0, 0.1) is 5.92 Å². The summed E-state index contributed by atoms with van der Waals surface area (Å²) in [5.41, 5.74) is 1.03. The number of benzene rings is 1. The van der Waals surface area contributed by atoms with Crippen molar-refractivity contribution in [2.24, 2.45) is 5.92 Å². The summed E-state index contributed by atoms with van der Waals surface area (Å²) in [4.78, 5) is 13.1. The van der Waals surface area contributed by atoms with Crippen LogP contribution in [0.1, 0.15) is 10.4 Å². The Hall–Kier alpha value is -1.90. The third-order valence-electron chi connectivity index (χ3n) is 3.86. The van der Waals surface area contributed by atoms with Crippen LogP contribution in [0.3, 0.4) is 0 Å². The predicted molar refractivity (Wildman–Crippen MR) is 91.5 cm³/mol. The van der Waals surface area contributed by atoms with Crippen LogP contribution in [-0.4, -0.2) is 28.0 Å². The molecule has 3 rings (SSSR count). The molecule has 24 heavy (non-hydrogen) atoms. The van der Waals surface area contributed by atoms with E-state index in [1.54, 1.807) is 6.07 Å². The van der Waals surface area contributed by atoms with Gasteiger partial charge in [-0.15, -0.1) is 11.3 Å². The molecule has 0 aliphatic carbocycles. The molecule has 1 unspecified atom stereocenters. The average molecular weight is 366 g/mol. The Balaban J connectivity index is 1.59. The quantitative estimate of drug-likeness (QED) is 0.840. The fourth-order valence-electron chi connectivity index (χ4n) is 2.51. The van der Waals surface area contributed by atoms with Gasteiger partial charge < -0.3 is 10.1 Å². The summed E-state index contributed by atoms with van der Waals surface area (Å²) in [7, 11) is -2.06. The van der Waals surface area contributed by atoms with Gasteiger partial charge in [-0.05, 0) is 37.2 Å². The van der Waals surface area contributed by atoms with Crippen LogP contribution in [0.5, 0.6) is 5.75 Å². The lowest BCUT2D eigenvalue weighted by Gasteiger charge is -2.24. The minimum Gasteiger partial charge on any atom is -0.492 e. The van der Waals surface area contributed by atoms with Crippen LogP contribution in [0.25, 0.3) is 0 Å². The number of amides is 1. The molecule has 1 aliphatic heterocycles. The molecule has 2 N–H and O–H groups in total. The van der Waals surface area contributed by atoms with Crippen LogP contribution in [-0.2, 0) is 27.8 Å². The molecule has 0 bridgehead atoms. The molecule has 1 aromatic carbocycles. The molecule has 1 aromatic heterocycles. The second-order valence-electron chi connectivity index (χ2n) is 5.47. The first-order valence-corrected chi connectivity index (χ1v) is 9.80. The van der Waals surface area contributed by atoms with Crippen LogP contribution in [0.4, 0.5) is 0 Å². The van der Waals surface area contributed by atoms with Crippen LogP contribution in [0.2, 0.25) is 0 Å². The Kier molecular flexibility index (Phi) is 4.88. The summed E-state index contributed by atoms with van der Waals surface area (Å²) in [6.45, 7) is 0.660. The topological polar surface area (TPSA) is 84.5 Å².